The van der Waals surface area contributed by atoms with E-state index in [-0.39, 0.29) is 6.42 Å². The number of halogens is 3. The van der Waals surface area contributed by atoms with Gasteiger partial charge in [0.05, 0.1) is 0 Å². The van der Waals surface area contributed by atoms with E-state index in [9.17, 15) is 18.0 Å². The average molecular weight is 222 g/mol. The molecule has 3 nitrogen and oxygen atoms in total. The molecule has 0 aliphatic heterocycles. The highest BCUT2D eigenvalue weighted by Crippen LogP contribution is 2.32. The summed E-state index contributed by atoms with van der Waals surface area (Å²) in [5.41, 5.74) is -0.316. The van der Waals surface area contributed by atoms with Gasteiger partial charge in [-0.1, -0.05) is 5.57 Å². The highest BCUT2D eigenvalue weighted by molar-refractivity contribution is 6.04. The van der Waals surface area contributed by atoms with Crippen molar-refractivity contribution < 1.29 is 28.2 Å². The van der Waals surface area contributed by atoms with Gasteiger partial charge in [-0.2, -0.15) is 13.2 Å². The van der Waals surface area contributed by atoms with E-state index in [0.29, 0.717) is 5.57 Å². The van der Waals surface area contributed by atoms with Crippen molar-refractivity contribution in [3.8, 4) is 0 Å². The summed E-state index contributed by atoms with van der Waals surface area (Å²) >= 11 is 0. The second kappa shape index (κ2) is 3.69. The normalized spacial score (nSPS) is 20.3. The molecule has 0 heterocycles. The van der Waals surface area contributed by atoms with E-state index in [4.69, 9.17) is 10.2 Å². The SMILES string of the molecule is CC1=CC(=O)C(O)=C(C(O)C(F)(F)F)C1. The molecule has 0 saturated carbocycles. The van der Waals surface area contributed by atoms with Gasteiger partial charge in [-0.3, -0.25) is 4.79 Å². The molecule has 0 radical (unpaired) electrons. The Balaban J connectivity index is 3.05. The molecule has 2 N–H and O–H groups in total. The van der Waals surface area contributed by atoms with Crippen molar-refractivity contribution in [1.82, 2.24) is 0 Å². The first-order chi connectivity index (χ1) is 6.73. The largest absolute Gasteiger partial charge is 0.504 e. The molecule has 0 aromatic carbocycles. The molecule has 0 spiro atoms. The minimum absolute atomic E-state index is 0.252. The maximum Gasteiger partial charge on any atom is 0.418 e. The lowest BCUT2D eigenvalue weighted by molar-refractivity contribution is -0.192. The molecular formula is C9H9F3O3. The van der Waals surface area contributed by atoms with Gasteiger partial charge in [0.15, 0.2) is 11.9 Å². The Labute approximate surface area is 83.5 Å². The van der Waals surface area contributed by atoms with Crippen molar-refractivity contribution in [2.24, 2.45) is 0 Å². The number of hydrogen-bond donors (Lipinski definition) is 2. The first-order valence-corrected chi connectivity index (χ1v) is 4.11. The molecule has 1 unspecified atom stereocenters. The van der Waals surface area contributed by atoms with E-state index in [0.717, 1.165) is 6.08 Å². The summed E-state index contributed by atoms with van der Waals surface area (Å²) in [7, 11) is 0. The second-order valence-electron chi connectivity index (χ2n) is 3.35. The van der Waals surface area contributed by atoms with Crippen LogP contribution in [0.25, 0.3) is 0 Å². The summed E-state index contributed by atoms with van der Waals surface area (Å²) in [5, 5.41) is 18.0. The van der Waals surface area contributed by atoms with Crippen molar-refractivity contribution in [2.75, 3.05) is 0 Å². The lowest BCUT2D eigenvalue weighted by atomic mass is 9.93. The number of alkyl halides is 3. The van der Waals surface area contributed by atoms with E-state index in [1.54, 1.807) is 0 Å². The molecule has 0 saturated heterocycles. The predicted octanol–water partition coefficient (Wildman–Crippen LogP) is 1.64. The third kappa shape index (κ3) is 2.38. The van der Waals surface area contributed by atoms with Crippen LogP contribution in [0.3, 0.4) is 0 Å². The molecule has 1 aliphatic carbocycles. The molecule has 6 heteroatoms. The van der Waals surface area contributed by atoms with Crippen LogP contribution >= 0.6 is 0 Å². The first-order valence-electron chi connectivity index (χ1n) is 4.11. The van der Waals surface area contributed by atoms with Crippen LogP contribution < -0.4 is 0 Å². The third-order valence-electron chi connectivity index (χ3n) is 2.02. The van der Waals surface area contributed by atoms with Gasteiger partial charge in [-0.15, -0.1) is 0 Å². The summed E-state index contributed by atoms with van der Waals surface area (Å²) in [6.45, 7) is 1.45. The van der Waals surface area contributed by atoms with E-state index in [1.165, 1.54) is 6.92 Å². The number of ketones is 1. The molecular weight excluding hydrogens is 213 g/mol. The molecule has 15 heavy (non-hydrogen) atoms. The first kappa shape index (κ1) is 11.8. The topological polar surface area (TPSA) is 57.5 Å². The fraction of sp³-hybridized carbons (Fsp3) is 0.444. The number of carbonyl (C=O) groups is 1. The van der Waals surface area contributed by atoms with Crippen molar-refractivity contribution in [3.05, 3.63) is 23.0 Å². The van der Waals surface area contributed by atoms with Gasteiger partial charge in [-0.05, 0) is 19.4 Å². The molecule has 0 fully saturated rings. The van der Waals surface area contributed by atoms with Gasteiger partial charge in [0, 0.05) is 5.57 Å². The van der Waals surface area contributed by atoms with Crippen LogP contribution in [0.5, 0.6) is 0 Å². The van der Waals surface area contributed by atoms with Crippen LogP contribution in [0.1, 0.15) is 13.3 Å². The van der Waals surface area contributed by atoms with Gasteiger partial charge in [0.2, 0.25) is 5.78 Å². The van der Waals surface area contributed by atoms with Crippen LogP contribution in [0.4, 0.5) is 13.2 Å². The zero-order valence-corrected chi connectivity index (χ0v) is 7.80. The molecule has 0 aromatic heterocycles. The third-order valence-corrected chi connectivity index (χ3v) is 2.02. The molecule has 0 bridgehead atoms. The Bertz CT molecular complexity index is 352. The van der Waals surface area contributed by atoms with Gasteiger partial charge < -0.3 is 10.2 Å². The Morgan fingerprint density at radius 3 is 2.47 bits per heavy atom. The zero-order valence-electron chi connectivity index (χ0n) is 7.80. The molecule has 84 valence electrons. The quantitative estimate of drug-likeness (QED) is 0.709. The van der Waals surface area contributed by atoms with E-state index < -0.39 is 29.4 Å². The van der Waals surface area contributed by atoms with Crippen LogP contribution in [0, 0.1) is 0 Å². The highest BCUT2D eigenvalue weighted by Gasteiger charge is 2.43. The Hall–Kier alpha value is -1.30. The number of aliphatic hydroxyl groups excluding tert-OH is 2. The fourth-order valence-corrected chi connectivity index (χ4v) is 1.31. The summed E-state index contributed by atoms with van der Waals surface area (Å²) in [6, 6.07) is 0. The van der Waals surface area contributed by atoms with E-state index >= 15 is 0 Å². The van der Waals surface area contributed by atoms with Gasteiger partial charge in [-0.25, -0.2) is 0 Å². The summed E-state index contributed by atoms with van der Waals surface area (Å²) in [5.74, 6) is -1.91. The van der Waals surface area contributed by atoms with Crippen LogP contribution in [-0.4, -0.2) is 28.3 Å². The fourth-order valence-electron chi connectivity index (χ4n) is 1.31. The Morgan fingerprint density at radius 1 is 1.47 bits per heavy atom. The number of hydrogen-bond acceptors (Lipinski definition) is 3. The van der Waals surface area contributed by atoms with Crippen LogP contribution in [0.2, 0.25) is 0 Å². The average Bonchev–Trinajstić information content (AvgIpc) is 2.08. The zero-order chi connectivity index (χ0) is 11.8. The van der Waals surface area contributed by atoms with Crippen molar-refractivity contribution in [1.29, 1.82) is 0 Å². The molecule has 0 amide bonds. The number of allylic oxidation sites excluding steroid dienone is 2. The lowest BCUT2D eigenvalue weighted by Crippen LogP contribution is -2.33. The molecule has 1 rings (SSSR count). The lowest BCUT2D eigenvalue weighted by Gasteiger charge is -2.21. The summed E-state index contributed by atoms with van der Waals surface area (Å²) in [6.07, 6.45) is -6.87. The smallest absolute Gasteiger partial charge is 0.418 e. The van der Waals surface area contributed by atoms with E-state index in [2.05, 4.69) is 0 Å². The number of carbonyl (C=O) groups excluding carboxylic acids is 1. The van der Waals surface area contributed by atoms with Gasteiger partial charge in [0.25, 0.3) is 0 Å². The van der Waals surface area contributed by atoms with Crippen molar-refractivity contribution in [3.63, 3.8) is 0 Å². The standard InChI is InChI=1S/C9H9F3O3/c1-4-2-5(7(14)6(13)3-4)8(15)9(10,11)12/h3,8,14-15H,2H2,1H3. The second-order valence-corrected chi connectivity index (χ2v) is 3.35. The minimum atomic E-state index is -4.87. The minimum Gasteiger partial charge on any atom is -0.504 e. The summed E-state index contributed by atoms with van der Waals surface area (Å²) in [4.78, 5) is 11.0. The monoisotopic (exact) mass is 222 g/mol. The molecule has 0 aromatic rings. The maximum absolute atomic E-state index is 12.1. The Kier molecular flexibility index (Phi) is 2.90. The van der Waals surface area contributed by atoms with Crippen molar-refractivity contribution >= 4 is 5.78 Å². The Morgan fingerprint density at radius 2 is 2.00 bits per heavy atom. The van der Waals surface area contributed by atoms with Crippen LogP contribution in [0.15, 0.2) is 23.0 Å². The van der Waals surface area contributed by atoms with Crippen LogP contribution in [-0.2, 0) is 4.79 Å². The highest BCUT2D eigenvalue weighted by atomic mass is 19.4. The molecule has 1 aliphatic rings. The van der Waals surface area contributed by atoms with Gasteiger partial charge in [0.1, 0.15) is 0 Å². The number of rotatable bonds is 1. The molecule has 1 atom stereocenters. The maximum atomic E-state index is 12.1. The van der Waals surface area contributed by atoms with Gasteiger partial charge >= 0.3 is 6.18 Å². The van der Waals surface area contributed by atoms with Crippen molar-refractivity contribution in [2.45, 2.75) is 25.6 Å². The summed E-state index contributed by atoms with van der Waals surface area (Å²) < 4.78 is 36.4. The predicted molar refractivity (Wildman–Crippen MR) is 45.1 cm³/mol. The van der Waals surface area contributed by atoms with E-state index in [1.807, 2.05) is 0 Å². The number of aliphatic hydroxyl groups is 2.